The van der Waals surface area contributed by atoms with Crippen molar-refractivity contribution in [1.82, 2.24) is 5.32 Å². The summed E-state index contributed by atoms with van der Waals surface area (Å²) in [7, 11) is 1.53. The molecule has 4 nitrogen and oxygen atoms in total. The fourth-order valence-corrected chi connectivity index (χ4v) is 3.13. The van der Waals surface area contributed by atoms with E-state index in [-0.39, 0.29) is 11.9 Å². The van der Waals surface area contributed by atoms with Gasteiger partial charge in [-0.25, -0.2) is 4.39 Å². The summed E-state index contributed by atoms with van der Waals surface area (Å²) in [4.78, 5) is 12.4. The van der Waals surface area contributed by atoms with Crippen LogP contribution in [0.4, 0.5) is 4.39 Å². The fourth-order valence-electron chi connectivity index (χ4n) is 3.13. The third-order valence-corrected chi connectivity index (χ3v) is 4.40. The number of hydrogen-bond acceptors (Lipinski definition) is 3. The highest BCUT2D eigenvalue weighted by atomic mass is 19.1. The summed E-state index contributed by atoms with van der Waals surface area (Å²) in [5, 5.41) is 13.1. The molecule has 1 amide bonds. The molecule has 0 fully saturated rings. The van der Waals surface area contributed by atoms with Gasteiger partial charge in [0.25, 0.3) is 5.91 Å². The Morgan fingerprint density at radius 2 is 2.17 bits per heavy atom. The first-order valence-corrected chi connectivity index (χ1v) is 7.99. The van der Waals surface area contributed by atoms with Gasteiger partial charge in [0, 0.05) is 0 Å². The Morgan fingerprint density at radius 1 is 1.33 bits per heavy atom. The topological polar surface area (TPSA) is 58.6 Å². The van der Waals surface area contributed by atoms with Crippen molar-refractivity contribution in [3.8, 4) is 5.75 Å². The standard InChI is InChI=1S/C19H20FNO3/c1-24-15-6-2-5-13(10-15)18(22)19(23)21-17-7-3-4-12-8-9-14(20)11-16(12)17/h2,5-6,8-11,17-18,22H,3-4,7H2,1H3,(H,21,23). The molecule has 1 aliphatic rings. The Morgan fingerprint density at radius 3 is 2.96 bits per heavy atom. The predicted octanol–water partition coefficient (Wildman–Crippen LogP) is 3.06. The molecule has 0 heterocycles. The number of carbonyl (C=O) groups is 1. The SMILES string of the molecule is COc1cccc(C(O)C(=O)NC2CCCc3ccc(F)cc32)c1. The number of aliphatic hydroxyl groups is 1. The number of rotatable bonds is 4. The van der Waals surface area contributed by atoms with Crippen molar-refractivity contribution in [2.24, 2.45) is 0 Å². The first-order valence-electron chi connectivity index (χ1n) is 7.99. The summed E-state index contributed by atoms with van der Waals surface area (Å²) in [6.07, 6.45) is 1.23. The summed E-state index contributed by atoms with van der Waals surface area (Å²) in [5.74, 6) is -0.238. The van der Waals surface area contributed by atoms with Crippen LogP contribution in [0.2, 0.25) is 0 Å². The number of amides is 1. The van der Waals surface area contributed by atoms with E-state index in [2.05, 4.69) is 5.32 Å². The molecule has 0 bridgehead atoms. The number of ether oxygens (including phenoxy) is 1. The van der Waals surface area contributed by atoms with Crippen molar-refractivity contribution in [3.63, 3.8) is 0 Å². The lowest BCUT2D eigenvalue weighted by atomic mass is 9.87. The van der Waals surface area contributed by atoms with Crippen molar-refractivity contribution >= 4 is 5.91 Å². The molecule has 0 radical (unpaired) electrons. The van der Waals surface area contributed by atoms with Gasteiger partial charge < -0.3 is 15.2 Å². The monoisotopic (exact) mass is 329 g/mol. The molecule has 2 aromatic rings. The quantitative estimate of drug-likeness (QED) is 0.906. The first kappa shape index (κ1) is 16.5. The number of aliphatic hydroxyl groups excluding tert-OH is 1. The lowest BCUT2D eigenvalue weighted by Gasteiger charge is -2.27. The molecule has 126 valence electrons. The van der Waals surface area contributed by atoms with Crippen molar-refractivity contribution < 1.29 is 19.0 Å². The van der Waals surface area contributed by atoms with Gasteiger partial charge in [-0.1, -0.05) is 18.2 Å². The molecule has 2 aromatic carbocycles. The second-order valence-electron chi connectivity index (χ2n) is 5.98. The third-order valence-electron chi connectivity index (χ3n) is 4.40. The van der Waals surface area contributed by atoms with Crippen LogP contribution in [0.1, 0.15) is 41.7 Å². The van der Waals surface area contributed by atoms with E-state index in [1.54, 1.807) is 30.3 Å². The molecular formula is C19H20FNO3. The molecule has 0 aliphatic heterocycles. The average molecular weight is 329 g/mol. The second-order valence-corrected chi connectivity index (χ2v) is 5.98. The van der Waals surface area contributed by atoms with Gasteiger partial charge in [-0.3, -0.25) is 4.79 Å². The number of halogens is 1. The third kappa shape index (κ3) is 3.41. The van der Waals surface area contributed by atoms with Crippen LogP contribution < -0.4 is 10.1 Å². The maximum atomic E-state index is 13.5. The lowest BCUT2D eigenvalue weighted by Crippen LogP contribution is -2.34. The average Bonchev–Trinajstić information content (AvgIpc) is 2.61. The van der Waals surface area contributed by atoms with Crippen LogP contribution in [0.15, 0.2) is 42.5 Å². The van der Waals surface area contributed by atoms with E-state index < -0.39 is 12.0 Å². The van der Waals surface area contributed by atoms with E-state index in [1.807, 2.05) is 0 Å². The summed E-state index contributed by atoms with van der Waals surface area (Å²) in [6, 6.07) is 11.1. The lowest BCUT2D eigenvalue weighted by molar-refractivity contribution is -0.130. The largest absolute Gasteiger partial charge is 0.497 e. The number of fused-ring (bicyclic) bond motifs is 1. The number of benzene rings is 2. The Hall–Kier alpha value is -2.40. The number of nitrogens with one attached hydrogen (secondary N) is 1. The Bertz CT molecular complexity index is 747. The van der Waals surface area contributed by atoms with Gasteiger partial charge in [-0.05, 0) is 60.2 Å². The number of carbonyl (C=O) groups excluding carboxylic acids is 1. The maximum Gasteiger partial charge on any atom is 0.253 e. The maximum absolute atomic E-state index is 13.5. The molecule has 2 atom stereocenters. The van der Waals surface area contributed by atoms with E-state index in [0.29, 0.717) is 11.3 Å². The molecule has 0 saturated heterocycles. The van der Waals surface area contributed by atoms with Crippen LogP contribution in [0.3, 0.4) is 0 Å². The number of hydrogen-bond donors (Lipinski definition) is 2. The molecule has 0 saturated carbocycles. The van der Waals surface area contributed by atoms with Crippen LogP contribution >= 0.6 is 0 Å². The van der Waals surface area contributed by atoms with Crippen molar-refractivity contribution in [2.75, 3.05) is 7.11 Å². The van der Waals surface area contributed by atoms with Crippen LogP contribution in [-0.4, -0.2) is 18.1 Å². The highest BCUT2D eigenvalue weighted by Gasteiger charge is 2.26. The smallest absolute Gasteiger partial charge is 0.253 e. The Kier molecular flexibility index (Phi) is 4.81. The molecule has 0 aromatic heterocycles. The number of methoxy groups -OCH3 is 1. The van der Waals surface area contributed by atoms with Crippen LogP contribution in [0.25, 0.3) is 0 Å². The minimum Gasteiger partial charge on any atom is -0.497 e. The van der Waals surface area contributed by atoms with Crippen molar-refractivity contribution in [1.29, 1.82) is 0 Å². The van der Waals surface area contributed by atoms with Gasteiger partial charge in [0.15, 0.2) is 6.10 Å². The van der Waals surface area contributed by atoms with Gasteiger partial charge in [-0.2, -0.15) is 0 Å². The van der Waals surface area contributed by atoms with Gasteiger partial charge in [0.1, 0.15) is 11.6 Å². The number of aryl methyl sites for hydroxylation is 1. The van der Waals surface area contributed by atoms with E-state index in [9.17, 15) is 14.3 Å². The predicted molar refractivity (Wildman–Crippen MR) is 88.2 cm³/mol. The highest BCUT2D eigenvalue weighted by Crippen LogP contribution is 2.31. The molecule has 24 heavy (non-hydrogen) atoms. The second kappa shape index (κ2) is 7.01. The van der Waals surface area contributed by atoms with Crippen LogP contribution in [0.5, 0.6) is 5.75 Å². The van der Waals surface area contributed by atoms with Crippen molar-refractivity contribution in [2.45, 2.75) is 31.4 Å². The summed E-state index contributed by atoms with van der Waals surface area (Å²) in [6.45, 7) is 0. The highest BCUT2D eigenvalue weighted by molar-refractivity contribution is 5.82. The Balaban J connectivity index is 1.77. The fraction of sp³-hybridized carbons (Fsp3) is 0.316. The first-order chi connectivity index (χ1) is 11.6. The van der Waals surface area contributed by atoms with Gasteiger partial charge >= 0.3 is 0 Å². The summed E-state index contributed by atoms with van der Waals surface area (Å²) in [5.41, 5.74) is 2.30. The molecule has 2 unspecified atom stereocenters. The zero-order valence-corrected chi connectivity index (χ0v) is 13.5. The molecular weight excluding hydrogens is 309 g/mol. The normalized spacial score (nSPS) is 17.7. The summed E-state index contributed by atoms with van der Waals surface area (Å²) >= 11 is 0. The molecule has 2 N–H and O–H groups in total. The van der Waals surface area contributed by atoms with Crippen LogP contribution in [-0.2, 0) is 11.2 Å². The molecule has 1 aliphatic carbocycles. The minimum atomic E-state index is -1.29. The van der Waals surface area contributed by atoms with Crippen LogP contribution in [0, 0.1) is 5.82 Å². The minimum absolute atomic E-state index is 0.280. The Labute approximate surface area is 140 Å². The van der Waals surface area contributed by atoms with E-state index >= 15 is 0 Å². The molecule has 5 heteroatoms. The van der Waals surface area contributed by atoms with Gasteiger partial charge in [0.05, 0.1) is 13.2 Å². The summed E-state index contributed by atoms with van der Waals surface area (Å²) < 4.78 is 18.6. The molecule has 3 rings (SSSR count). The van der Waals surface area contributed by atoms with Crippen molar-refractivity contribution in [3.05, 3.63) is 65.0 Å². The zero-order valence-electron chi connectivity index (χ0n) is 13.5. The molecule has 0 spiro atoms. The van der Waals surface area contributed by atoms with E-state index in [0.717, 1.165) is 30.4 Å². The van der Waals surface area contributed by atoms with E-state index in [4.69, 9.17) is 4.74 Å². The van der Waals surface area contributed by atoms with Gasteiger partial charge in [0.2, 0.25) is 0 Å². The van der Waals surface area contributed by atoms with Gasteiger partial charge in [-0.15, -0.1) is 0 Å². The van der Waals surface area contributed by atoms with E-state index in [1.165, 1.54) is 19.2 Å². The zero-order chi connectivity index (χ0) is 17.1.